The zero-order valence-corrected chi connectivity index (χ0v) is 7.95. The summed E-state index contributed by atoms with van der Waals surface area (Å²) in [6.07, 6.45) is 0. The lowest BCUT2D eigenvalue weighted by Gasteiger charge is -2.31. The van der Waals surface area contributed by atoms with Crippen molar-refractivity contribution in [3.8, 4) is 0 Å². The maximum absolute atomic E-state index is 8.74. The Labute approximate surface area is 91.3 Å². The summed E-state index contributed by atoms with van der Waals surface area (Å²) in [5, 5.41) is 17.5. The molecule has 0 aliphatic carbocycles. The Morgan fingerprint density at radius 1 is 0.562 bits per heavy atom. The Balaban J connectivity index is -0.000000144. The van der Waals surface area contributed by atoms with Gasteiger partial charge in [0.05, 0.1) is 0 Å². The largest absolute Gasteiger partial charge is 0.612 e. The highest BCUT2D eigenvalue weighted by atomic mass is 16.9. The van der Waals surface area contributed by atoms with Crippen LogP contribution in [0.15, 0.2) is 0 Å². The van der Waals surface area contributed by atoms with Gasteiger partial charge in [0, 0.05) is 0 Å². The summed E-state index contributed by atoms with van der Waals surface area (Å²) in [4.78, 5) is 0. The molecule has 2 heterocycles. The SMILES string of the molecule is N.O.O.O.O.OB1OB2OB(O)OB(O1)O2. The van der Waals surface area contributed by atoms with Gasteiger partial charge in [-0.3, -0.25) is 0 Å². The van der Waals surface area contributed by atoms with Crippen LogP contribution in [-0.4, -0.2) is 61.2 Å². The van der Waals surface area contributed by atoms with Gasteiger partial charge < -0.3 is 61.0 Å². The normalized spacial score (nSPS) is 16.9. The summed E-state index contributed by atoms with van der Waals surface area (Å²) in [7, 11) is -5.20. The van der Waals surface area contributed by atoms with Gasteiger partial charge in [-0.25, -0.2) is 0 Å². The second-order valence-electron chi connectivity index (χ2n) is 1.87. The highest BCUT2D eigenvalue weighted by molar-refractivity contribution is 6.74. The number of hydrogen-bond acceptors (Lipinski definition) is 8. The van der Waals surface area contributed by atoms with E-state index in [0.29, 0.717) is 0 Å². The molecule has 0 radical (unpaired) electrons. The molecule has 2 aliphatic heterocycles. The van der Waals surface area contributed by atoms with Crippen molar-refractivity contribution >= 4 is 29.3 Å². The van der Waals surface area contributed by atoms with Crippen LogP contribution in [0, 0.1) is 0 Å². The van der Waals surface area contributed by atoms with Crippen molar-refractivity contribution < 1.29 is 54.8 Å². The topological polar surface area (TPSA) is 248 Å². The van der Waals surface area contributed by atoms with E-state index in [1.54, 1.807) is 0 Å². The zero-order chi connectivity index (χ0) is 7.84. The molecule has 0 aromatic carbocycles. The molecule has 0 aromatic heterocycles. The molecule has 0 unspecified atom stereocenters. The molecule has 2 aliphatic rings. The van der Waals surface area contributed by atoms with Crippen LogP contribution in [0.1, 0.15) is 0 Å². The second kappa shape index (κ2) is 9.97. The summed E-state index contributed by atoms with van der Waals surface area (Å²) in [5.74, 6) is 0. The molecule has 0 aromatic rings. The Bertz CT molecular complexity index is 123. The van der Waals surface area contributed by atoms with E-state index in [2.05, 4.69) is 22.9 Å². The summed E-state index contributed by atoms with van der Waals surface area (Å²) in [6.45, 7) is 0. The maximum Gasteiger partial charge on any atom is 0.612 e. The van der Waals surface area contributed by atoms with Crippen LogP contribution in [0.25, 0.3) is 0 Å². The van der Waals surface area contributed by atoms with Crippen LogP contribution in [0.5, 0.6) is 0 Å². The summed E-state index contributed by atoms with van der Waals surface area (Å²) in [6, 6.07) is 0. The zero-order valence-electron chi connectivity index (χ0n) is 7.95. The molecule has 2 fully saturated rings. The lowest BCUT2D eigenvalue weighted by atomic mass is 9.90. The summed E-state index contributed by atoms with van der Waals surface area (Å²) >= 11 is 0. The molecule has 0 saturated carbocycles. The van der Waals surface area contributed by atoms with Gasteiger partial charge in [0.25, 0.3) is 0 Å². The van der Waals surface area contributed by atoms with E-state index in [-0.39, 0.29) is 28.1 Å². The minimum absolute atomic E-state index is 0. The molecule has 12 nitrogen and oxygen atoms in total. The standard InChI is InChI=1S/B4H2O7.H3N.4H2O/c5-1-7-3-9-2(6)10-4(8-1)11-3;;;;;/h5-6H;1H3;4*1H2. The first-order chi connectivity index (χ1) is 5.24. The average Bonchev–Trinajstić information content (AvgIpc) is 1.82. The number of rotatable bonds is 0. The molecule has 0 amide bonds. The van der Waals surface area contributed by atoms with Gasteiger partial charge in [0.2, 0.25) is 0 Å². The van der Waals surface area contributed by atoms with Crippen molar-refractivity contribution in [1.29, 1.82) is 0 Å². The molecular formula is H13B4NO11. The highest BCUT2D eigenvalue weighted by Gasteiger charge is 2.52. The Morgan fingerprint density at radius 2 is 0.812 bits per heavy atom. The van der Waals surface area contributed by atoms with Gasteiger partial charge in [-0.2, -0.15) is 0 Å². The summed E-state index contributed by atoms with van der Waals surface area (Å²) < 4.78 is 22.6. The smallest absolute Gasteiger partial charge is 0.412 e. The van der Waals surface area contributed by atoms with Crippen LogP contribution < -0.4 is 6.15 Å². The third-order valence-corrected chi connectivity index (χ3v) is 1.13. The molecule has 2 bridgehead atoms. The predicted octanol–water partition coefficient (Wildman–Crippen LogP) is -6.12. The molecule has 2 saturated heterocycles. The van der Waals surface area contributed by atoms with Gasteiger partial charge in [0.1, 0.15) is 0 Å². The van der Waals surface area contributed by atoms with Crippen LogP contribution in [0.4, 0.5) is 0 Å². The third kappa shape index (κ3) is 5.75. The molecule has 16 heavy (non-hydrogen) atoms. The molecule has 16 heteroatoms. The Morgan fingerprint density at radius 3 is 1.06 bits per heavy atom. The van der Waals surface area contributed by atoms with Crippen molar-refractivity contribution in [2.24, 2.45) is 0 Å². The van der Waals surface area contributed by atoms with Crippen LogP contribution in [-0.2, 0) is 22.9 Å². The number of hydrogen-bond donors (Lipinski definition) is 3. The maximum atomic E-state index is 8.74. The van der Waals surface area contributed by atoms with Crippen molar-refractivity contribution in [2.75, 3.05) is 0 Å². The quantitative estimate of drug-likeness (QED) is 0.346. The van der Waals surface area contributed by atoms with Gasteiger partial charge in [-0.1, -0.05) is 0 Å². The number of fused-ring (bicyclic) bond motifs is 2. The van der Waals surface area contributed by atoms with Crippen molar-refractivity contribution in [3.63, 3.8) is 0 Å². The molecule has 2 rings (SSSR count). The van der Waals surface area contributed by atoms with Crippen molar-refractivity contribution in [1.82, 2.24) is 6.15 Å². The van der Waals surface area contributed by atoms with E-state index >= 15 is 0 Å². The van der Waals surface area contributed by atoms with E-state index in [1.165, 1.54) is 0 Å². The van der Waals surface area contributed by atoms with Gasteiger partial charge in [-0.05, 0) is 0 Å². The molecule has 0 atom stereocenters. The predicted molar refractivity (Wildman–Crippen MR) is 52.4 cm³/mol. The minimum atomic E-state index is -1.45. The van der Waals surface area contributed by atoms with E-state index < -0.39 is 29.3 Å². The van der Waals surface area contributed by atoms with Crippen molar-refractivity contribution in [3.05, 3.63) is 0 Å². The van der Waals surface area contributed by atoms with Gasteiger partial charge >= 0.3 is 29.3 Å². The van der Waals surface area contributed by atoms with E-state index in [0.717, 1.165) is 0 Å². The van der Waals surface area contributed by atoms with Gasteiger partial charge in [0.15, 0.2) is 0 Å². The average molecular weight is 246 g/mol. The van der Waals surface area contributed by atoms with Crippen LogP contribution in [0.2, 0.25) is 0 Å². The minimum Gasteiger partial charge on any atom is -0.412 e. The fourth-order valence-corrected chi connectivity index (χ4v) is 0.728. The van der Waals surface area contributed by atoms with Crippen LogP contribution >= 0.6 is 0 Å². The second-order valence-corrected chi connectivity index (χ2v) is 1.87. The van der Waals surface area contributed by atoms with E-state index in [1.807, 2.05) is 0 Å². The fraction of sp³-hybridized carbons (Fsp3) is 0. The monoisotopic (exact) mass is 247 g/mol. The molecule has 0 spiro atoms. The highest BCUT2D eigenvalue weighted by Crippen LogP contribution is 2.14. The van der Waals surface area contributed by atoms with Crippen LogP contribution in [0.3, 0.4) is 0 Å². The molecule has 13 N–H and O–H groups in total. The fourth-order valence-electron chi connectivity index (χ4n) is 0.728. The lowest BCUT2D eigenvalue weighted by molar-refractivity contribution is 0.0834. The lowest BCUT2D eigenvalue weighted by Crippen LogP contribution is -2.59. The molecular weight excluding hydrogens is 233 g/mol. The molecule has 96 valence electrons. The summed E-state index contributed by atoms with van der Waals surface area (Å²) in [5.41, 5.74) is 0. The third-order valence-electron chi connectivity index (χ3n) is 1.13. The first-order valence-corrected chi connectivity index (χ1v) is 2.87. The van der Waals surface area contributed by atoms with Gasteiger partial charge in [-0.15, -0.1) is 0 Å². The first-order valence-electron chi connectivity index (χ1n) is 2.87. The first kappa shape index (κ1) is 24.8. The van der Waals surface area contributed by atoms with E-state index in [9.17, 15) is 0 Å². The Kier molecular flexibility index (Phi) is 15.5. The Hall–Kier alpha value is -0.220. The van der Waals surface area contributed by atoms with Crippen molar-refractivity contribution in [2.45, 2.75) is 0 Å². The van der Waals surface area contributed by atoms with E-state index in [4.69, 9.17) is 10.0 Å².